The summed E-state index contributed by atoms with van der Waals surface area (Å²) in [7, 11) is 0. The minimum absolute atomic E-state index is 0.0518. The average Bonchev–Trinajstić information content (AvgIpc) is 2.82. The van der Waals surface area contributed by atoms with Gasteiger partial charge in [0.15, 0.2) is 0 Å². The van der Waals surface area contributed by atoms with Crippen molar-refractivity contribution in [2.24, 2.45) is 5.92 Å². The number of hydrogen-bond donors (Lipinski definition) is 2. The SMILES string of the molecule is CCOc1ccc(C(=O)NC(C(=O)NCC2(c3ccccc3)CCOCC2)C(C)C)cc1. The van der Waals surface area contributed by atoms with Crippen molar-refractivity contribution in [2.75, 3.05) is 26.4 Å². The molecule has 1 heterocycles. The van der Waals surface area contributed by atoms with Gasteiger partial charge in [-0.3, -0.25) is 9.59 Å². The monoisotopic (exact) mass is 438 g/mol. The summed E-state index contributed by atoms with van der Waals surface area (Å²) in [4.78, 5) is 25.9. The summed E-state index contributed by atoms with van der Waals surface area (Å²) >= 11 is 0. The highest BCUT2D eigenvalue weighted by Gasteiger charge is 2.36. The van der Waals surface area contributed by atoms with Crippen LogP contribution in [0.15, 0.2) is 54.6 Å². The number of nitrogens with one attached hydrogen (secondary N) is 2. The molecule has 0 spiro atoms. The molecule has 0 bridgehead atoms. The summed E-state index contributed by atoms with van der Waals surface area (Å²) in [5.41, 5.74) is 1.55. The van der Waals surface area contributed by atoms with Gasteiger partial charge in [-0.2, -0.15) is 0 Å². The second-order valence-corrected chi connectivity index (χ2v) is 8.63. The molecule has 0 radical (unpaired) electrons. The van der Waals surface area contributed by atoms with Gasteiger partial charge in [-0.25, -0.2) is 0 Å². The molecule has 172 valence electrons. The van der Waals surface area contributed by atoms with Gasteiger partial charge in [0.1, 0.15) is 11.8 Å². The van der Waals surface area contributed by atoms with Crippen molar-refractivity contribution in [1.82, 2.24) is 10.6 Å². The molecule has 6 heteroatoms. The molecule has 1 fully saturated rings. The Hall–Kier alpha value is -2.86. The van der Waals surface area contributed by atoms with Gasteiger partial charge in [0.25, 0.3) is 5.91 Å². The average molecular weight is 439 g/mol. The van der Waals surface area contributed by atoms with Crippen molar-refractivity contribution < 1.29 is 19.1 Å². The van der Waals surface area contributed by atoms with Gasteiger partial charge in [-0.05, 0) is 55.5 Å². The molecule has 0 saturated carbocycles. The third-order valence-electron chi connectivity index (χ3n) is 6.10. The van der Waals surface area contributed by atoms with E-state index in [1.54, 1.807) is 24.3 Å². The molecule has 2 N–H and O–H groups in total. The summed E-state index contributed by atoms with van der Waals surface area (Å²) in [6.45, 7) is 8.21. The van der Waals surface area contributed by atoms with Crippen LogP contribution in [-0.4, -0.2) is 44.2 Å². The van der Waals surface area contributed by atoms with Crippen LogP contribution in [0.25, 0.3) is 0 Å². The van der Waals surface area contributed by atoms with Crippen molar-refractivity contribution in [3.8, 4) is 5.75 Å². The maximum atomic E-state index is 13.1. The summed E-state index contributed by atoms with van der Waals surface area (Å²) in [6.07, 6.45) is 1.70. The Bertz CT molecular complexity index is 874. The van der Waals surface area contributed by atoms with Crippen LogP contribution in [-0.2, 0) is 14.9 Å². The third kappa shape index (κ3) is 5.88. The predicted molar refractivity (Wildman–Crippen MR) is 125 cm³/mol. The first-order valence-electron chi connectivity index (χ1n) is 11.4. The molecule has 2 aromatic carbocycles. The van der Waals surface area contributed by atoms with Crippen LogP contribution in [0.5, 0.6) is 5.75 Å². The topological polar surface area (TPSA) is 76.7 Å². The zero-order valence-electron chi connectivity index (χ0n) is 19.2. The fraction of sp³-hybridized carbons (Fsp3) is 0.462. The molecule has 2 amide bonds. The molecule has 1 aliphatic rings. The predicted octanol–water partition coefficient (Wildman–Crippen LogP) is 3.70. The molecule has 0 aromatic heterocycles. The Labute approximate surface area is 190 Å². The van der Waals surface area contributed by atoms with E-state index in [0.717, 1.165) is 12.8 Å². The molecule has 2 aromatic rings. The molecule has 0 aliphatic carbocycles. The molecule has 6 nitrogen and oxygen atoms in total. The molecular weight excluding hydrogens is 404 g/mol. The number of carbonyl (C=O) groups excluding carboxylic acids is 2. The van der Waals surface area contributed by atoms with Crippen molar-refractivity contribution >= 4 is 11.8 Å². The van der Waals surface area contributed by atoms with Gasteiger partial charge in [0.2, 0.25) is 5.91 Å². The molecule has 3 rings (SSSR count). The first kappa shape index (κ1) is 23.8. The lowest BCUT2D eigenvalue weighted by atomic mass is 9.74. The molecule has 32 heavy (non-hydrogen) atoms. The molecular formula is C26H34N2O4. The van der Waals surface area contributed by atoms with Crippen LogP contribution in [0.3, 0.4) is 0 Å². The van der Waals surface area contributed by atoms with E-state index in [9.17, 15) is 9.59 Å². The van der Waals surface area contributed by atoms with Crippen molar-refractivity contribution in [2.45, 2.75) is 45.1 Å². The summed E-state index contributed by atoms with van der Waals surface area (Å²) in [5.74, 6) is 0.223. The summed E-state index contributed by atoms with van der Waals surface area (Å²) in [6, 6.07) is 16.6. The standard InChI is InChI=1S/C26H34N2O4/c1-4-32-22-12-10-20(11-13-22)24(29)28-23(19(2)3)25(30)27-18-26(14-16-31-17-15-26)21-8-6-5-7-9-21/h5-13,19,23H,4,14-18H2,1-3H3,(H,27,30)(H,28,29). The van der Waals surface area contributed by atoms with Crippen LogP contribution in [0, 0.1) is 5.92 Å². The molecule has 1 saturated heterocycles. The van der Waals surface area contributed by atoms with E-state index in [-0.39, 0.29) is 23.1 Å². The van der Waals surface area contributed by atoms with E-state index in [1.807, 2.05) is 39.0 Å². The lowest BCUT2D eigenvalue weighted by molar-refractivity contribution is -0.124. The minimum atomic E-state index is -0.623. The summed E-state index contributed by atoms with van der Waals surface area (Å²) < 4.78 is 11.0. The quantitative estimate of drug-likeness (QED) is 0.626. The first-order chi connectivity index (χ1) is 15.4. The normalized spacial score (nSPS) is 16.2. The smallest absolute Gasteiger partial charge is 0.251 e. The van der Waals surface area contributed by atoms with E-state index in [0.29, 0.717) is 37.7 Å². The van der Waals surface area contributed by atoms with E-state index in [1.165, 1.54) is 5.56 Å². The van der Waals surface area contributed by atoms with Gasteiger partial charge in [-0.1, -0.05) is 44.2 Å². The highest BCUT2D eigenvalue weighted by molar-refractivity contribution is 5.97. The van der Waals surface area contributed by atoms with Gasteiger partial charge < -0.3 is 20.1 Å². The lowest BCUT2D eigenvalue weighted by Gasteiger charge is -2.38. The second kappa shape index (κ2) is 11.1. The Balaban J connectivity index is 1.67. The van der Waals surface area contributed by atoms with Crippen molar-refractivity contribution in [3.63, 3.8) is 0 Å². The Morgan fingerprint density at radius 1 is 1.03 bits per heavy atom. The molecule has 1 atom stereocenters. The molecule has 1 unspecified atom stereocenters. The summed E-state index contributed by atoms with van der Waals surface area (Å²) in [5, 5.41) is 6.03. The first-order valence-corrected chi connectivity index (χ1v) is 11.4. The van der Waals surface area contributed by atoms with E-state index < -0.39 is 6.04 Å². The second-order valence-electron chi connectivity index (χ2n) is 8.63. The van der Waals surface area contributed by atoms with Crippen LogP contribution < -0.4 is 15.4 Å². The van der Waals surface area contributed by atoms with E-state index >= 15 is 0 Å². The Morgan fingerprint density at radius 3 is 2.28 bits per heavy atom. The van der Waals surface area contributed by atoms with Gasteiger partial charge in [0, 0.05) is 30.7 Å². The molecule has 1 aliphatic heterocycles. The highest BCUT2D eigenvalue weighted by atomic mass is 16.5. The van der Waals surface area contributed by atoms with Gasteiger partial charge >= 0.3 is 0 Å². The maximum Gasteiger partial charge on any atom is 0.251 e. The fourth-order valence-electron chi connectivity index (χ4n) is 4.12. The Kier molecular flexibility index (Phi) is 8.28. The van der Waals surface area contributed by atoms with Crippen LogP contribution in [0.4, 0.5) is 0 Å². The largest absolute Gasteiger partial charge is 0.494 e. The number of hydrogen-bond acceptors (Lipinski definition) is 4. The zero-order chi connectivity index (χ0) is 23.0. The van der Waals surface area contributed by atoms with Crippen LogP contribution in [0.1, 0.15) is 49.5 Å². The number of rotatable bonds is 9. The number of amides is 2. The fourth-order valence-corrected chi connectivity index (χ4v) is 4.12. The number of benzene rings is 2. The van der Waals surface area contributed by atoms with E-state index in [2.05, 4.69) is 22.8 Å². The van der Waals surface area contributed by atoms with Gasteiger partial charge in [0.05, 0.1) is 6.61 Å². The van der Waals surface area contributed by atoms with Gasteiger partial charge in [-0.15, -0.1) is 0 Å². The van der Waals surface area contributed by atoms with Crippen molar-refractivity contribution in [1.29, 1.82) is 0 Å². The highest BCUT2D eigenvalue weighted by Crippen LogP contribution is 2.34. The Morgan fingerprint density at radius 2 is 1.69 bits per heavy atom. The van der Waals surface area contributed by atoms with Crippen molar-refractivity contribution in [3.05, 3.63) is 65.7 Å². The van der Waals surface area contributed by atoms with Crippen LogP contribution >= 0.6 is 0 Å². The third-order valence-corrected chi connectivity index (χ3v) is 6.10. The van der Waals surface area contributed by atoms with Crippen LogP contribution in [0.2, 0.25) is 0 Å². The van der Waals surface area contributed by atoms with E-state index in [4.69, 9.17) is 9.47 Å². The number of ether oxygens (including phenoxy) is 2. The maximum absolute atomic E-state index is 13.1. The minimum Gasteiger partial charge on any atom is -0.494 e. The number of carbonyl (C=O) groups is 2. The zero-order valence-corrected chi connectivity index (χ0v) is 19.2. The lowest BCUT2D eigenvalue weighted by Crippen LogP contribution is -2.53.